The van der Waals surface area contributed by atoms with Crippen molar-refractivity contribution in [3.8, 4) is 0 Å². The normalized spacial score (nSPS) is 24.6. The van der Waals surface area contributed by atoms with Crippen LogP contribution in [0.5, 0.6) is 0 Å². The molecule has 5 heteroatoms. The third kappa shape index (κ3) is 3.64. The highest BCUT2D eigenvalue weighted by atomic mass is 31.2. The van der Waals surface area contributed by atoms with Gasteiger partial charge in [0.05, 0.1) is 13.2 Å². The summed E-state index contributed by atoms with van der Waals surface area (Å²) in [4.78, 5) is 0. The molecule has 1 unspecified atom stereocenters. The number of nitrogens with one attached hydrogen (secondary N) is 1. The third-order valence-corrected chi connectivity index (χ3v) is 6.18. The lowest BCUT2D eigenvalue weighted by molar-refractivity contribution is 0.254. The van der Waals surface area contributed by atoms with E-state index in [1.54, 1.807) is 0 Å². The van der Waals surface area contributed by atoms with Crippen LogP contribution in [0.25, 0.3) is 0 Å². The second-order valence-corrected chi connectivity index (χ2v) is 7.05. The van der Waals surface area contributed by atoms with Crippen LogP contribution in [0.1, 0.15) is 46.5 Å². The molecule has 0 aromatic carbocycles. The van der Waals surface area contributed by atoms with Gasteiger partial charge < -0.3 is 0 Å². The van der Waals surface area contributed by atoms with E-state index >= 15 is 0 Å². The fourth-order valence-corrected chi connectivity index (χ4v) is 5.17. The van der Waals surface area contributed by atoms with Crippen molar-refractivity contribution < 1.29 is 9.05 Å². The van der Waals surface area contributed by atoms with Crippen molar-refractivity contribution in [1.29, 1.82) is 5.41 Å². The SMILES string of the molecule is CCCCN1C(=N)CO[P+]1(CCCC)OCC. The Balaban J connectivity index is 2.72. The van der Waals surface area contributed by atoms with Gasteiger partial charge in [0, 0.05) is 0 Å². The lowest BCUT2D eigenvalue weighted by Crippen LogP contribution is -2.28. The van der Waals surface area contributed by atoms with Gasteiger partial charge in [0.25, 0.3) is 0 Å². The van der Waals surface area contributed by atoms with Crippen molar-refractivity contribution in [2.24, 2.45) is 0 Å². The zero-order chi connectivity index (χ0) is 12.7. The molecule has 17 heavy (non-hydrogen) atoms. The maximum absolute atomic E-state index is 8.00. The minimum Gasteiger partial charge on any atom is -0.283 e. The van der Waals surface area contributed by atoms with Gasteiger partial charge >= 0.3 is 7.87 Å². The Morgan fingerprint density at radius 1 is 1.29 bits per heavy atom. The Morgan fingerprint density at radius 2 is 2.00 bits per heavy atom. The summed E-state index contributed by atoms with van der Waals surface area (Å²) in [7, 11) is -1.95. The van der Waals surface area contributed by atoms with E-state index in [1.807, 2.05) is 6.92 Å². The topological polar surface area (TPSA) is 45.6 Å². The summed E-state index contributed by atoms with van der Waals surface area (Å²) in [5.74, 6) is 0.608. The second kappa shape index (κ2) is 7.30. The van der Waals surface area contributed by atoms with Gasteiger partial charge in [0.15, 0.2) is 12.4 Å². The number of unbranched alkanes of at least 4 members (excludes halogenated alkanes) is 2. The van der Waals surface area contributed by atoms with Crippen molar-refractivity contribution in [2.45, 2.75) is 46.5 Å². The van der Waals surface area contributed by atoms with Crippen LogP contribution in [0.15, 0.2) is 0 Å². The van der Waals surface area contributed by atoms with Crippen LogP contribution < -0.4 is 0 Å². The van der Waals surface area contributed by atoms with Crippen LogP contribution in [0.4, 0.5) is 0 Å². The van der Waals surface area contributed by atoms with E-state index in [2.05, 4.69) is 18.5 Å². The Labute approximate surface area is 106 Å². The van der Waals surface area contributed by atoms with Crippen LogP contribution >= 0.6 is 7.87 Å². The minimum absolute atomic E-state index is 0.432. The molecular formula is C12H26N2O2P+. The largest absolute Gasteiger partial charge is 0.373 e. The fraction of sp³-hybridized carbons (Fsp3) is 0.917. The Bertz CT molecular complexity index is 251. The lowest BCUT2D eigenvalue weighted by atomic mass is 10.3. The van der Waals surface area contributed by atoms with Crippen LogP contribution in [0, 0.1) is 5.41 Å². The molecule has 0 aromatic rings. The Morgan fingerprint density at radius 3 is 2.59 bits per heavy atom. The molecule has 1 N–H and O–H groups in total. The standard InChI is InChI=1S/C12H26N2O2P/c1-4-7-9-14-12(13)11-16-17(14,15-6-3)10-8-5-2/h13H,4-11H2,1-3H3/q+1. The first-order chi connectivity index (χ1) is 8.20. The van der Waals surface area contributed by atoms with E-state index in [4.69, 9.17) is 14.5 Å². The summed E-state index contributed by atoms with van der Waals surface area (Å²) < 4.78 is 14.0. The molecule has 0 radical (unpaired) electrons. The molecule has 1 heterocycles. The maximum atomic E-state index is 8.00. The summed E-state index contributed by atoms with van der Waals surface area (Å²) in [5.41, 5.74) is 0. The summed E-state index contributed by atoms with van der Waals surface area (Å²) >= 11 is 0. The Hall–Kier alpha value is -0.180. The minimum atomic E-state index is -1.95. The predicted molar refractivity (Wildman–Crippen MR) is 73.6 cm³/mol. The van der Waals surface area contributed by atoms with Crippen LogP contribution in [0.3, 0.4) is 0 Å². The first-order valence-electron chi connectivity index (χ1n) is 6.72. The summed E-state index contributed by atoms with van der Waals surface area (Å²) in [6.07, 6.45) is 5.47. The second-order valence-electron chi connectivity index (χ2n) is 4.33. The molecule has 1 rings (SSSR count). The number of amidine groups is 1. The zero-order valence-electron chi connectivity index (χ0n) is 11.4. The van der Waals surface area contributed by atoms with E-state index in [-0.39, 0.29) is 0 Å². The molecule has 0 aliphatic carbocycles. The highest BCUT2D eigenvalue weighted by molar-refractivity contribution is 7.65. The molecule has 1 fully saturated rings. The molecule has 0 spiro atoms. The molecule has 0 bridgehead atoms. The van der Waals surface area contributed by atoms with E-state index in [0.29, 0.717) is 19.0 Å². The molecule has 4 nitrogen and oxygen atoms in total. The van der Waals surface area contributed by atoms with Gasteiger partial charge in [-0.3, -0.25) is 5.41 Å². The van der Waals surface area contributed by atoms with Crippen molar-refractivity contribution in [3.63, 3.8) is 0 Å². The number of nitrogens with zero attached hydrogens (tertiary/aromatic N) is 1. The van der Waals surface area contributed by atoms with E-state index in [9.17, 15) is 0 Å². The highest BCUT2D eigenvalue weighted by Crippen LogP contribution is 2.67. The molecule has 0 saturated carbocycles. The lowest BCUT2D eigenvalue weighted by Gasteiger charge is -2.26. The van der Waals surface area contributed by atoms with Crippen molar-refractivity contribution in [3.05, 3.63) is 0 Å². The predicted octanol–water partition coefficient (Wildman–Crippen LogP) is 3.70. The fourth-order valence-electron chi connectivity index (χ4n) is 2.00. The van der Waals surface area contributed by atoms with Gasteiger partial charge in [-0.05, 0) is 19.8 Å². The molecular weight excluding hydrogens is 235 g/mol. The summed E-state index contributed by atoms with van der Waals surface area (Å²) in [5, 5.41) is 8.00. The molecule has 0 amide bonds. The van der Waals surface area contributed by atoms with Gasteiger partial charge in [-0.25, -0.2) is 0 Å². The maximum Gasteiger partial charge on any atom is 0.373 e. The van der Waals surface area contributed by atoms with E-state index in [0.717, 1.165) is 38.4 Å². The van der Waals surface area contributed by atoms with E-state index in [1.165, 1.54) is 0 Å². The average Bonchev–Trinajstić information content (AvgIpc) is 2.63. The molecule has 1 aliphatic heterocycles. The van der Waals surface area contributed by atoms with Crippen LogP contribution in [-0.4, -0.2) is 36.4 Å². The van der Waals surface area contributed by atoms with E-state index < -0.39 is 7.87 Å². The highest BCUT2D eigenvalue weighted by Gasteiger charge is 2.55. The first kappa shape index (κ1) is 14.9. The number of rotatable bonds is 8. The number of hydrogen-bond donors (Lipinski definition) is 1. The van der Waals surface area contributed by atoms with Gasteiger partial charge in [-0.1, -0.05) is 26.7 Å². The monoisotopic (exact) mass is 261 g/mol. The van der Waals surface area contributed by atoms with Gasteiger partial charge in [-0.2, -0.15) is 13.7 Å². The van der Waals surface area contributed by atoms with Crippen molar-refractivity contribution in [2.75, 3.05) is 25.9 Å². The molecule has 1 saturated heterocycles. The van der Waals surface area contributed by atoms with Crippen molar-refractivity contribution in [1.82, 2.24) is 4.67 Å². The molecule has 0 aromatic heterocycles. The molecule has 1 atom stereocenters. The summed E-state index contributed by atoms with van der Waals surface area (Å²) in [6.45, 7) is 8.38. The van der Waals surface area contributed by atoms with Gasteiger partial charge in [-0.15, -0.1) is 0 Å². The number of hydrogen-bond acceptors (Lipinski definition) is 3. The zero-order valence-corrected chi connectivity index (χ0v) is 12.3. The first-order valence-corrected chi connectivity index (χ1v) is 8.49. The average molecular weight is 261 g/mol. The third-order valence-electron chi connectivity index (χ3n) is 2.93. The van der Waals surface area contributed by atoms with Crippen LogP contribution in [0.2, 0.25) is 0 Å². The van der Waals surface area contributed by atoms with Gasteiger partial charge in [0.2, 0.25) is 0 Å². The Kier molecular flexibility index (Phi) is 6.39. The molecule has 1 aliphatic rings. The van der Waals surface area contributed by atoms with Crippen molar-refractivity contribution >= 4 is 13.7 Å². The van der Waals surface area contributed by atoms with Crippen LogP contribution in [-0.2, 0) is 9.05 Å². The summed E-state index contributed by atoms with van der Waals surface area (Å²) in [6, 6.07) is 0. The van der Waals surface area contributed by atoms with Gasteiger partial charge in [0.1, 0.15) is 6.16 Å². The quantitative estimate of drug-likeness (QED) is 0.678. The molecule has 100 valence electrons. The smallest absolute Gasteiger partial charge is 0.283 e.